The molecule has 0 spiro atoms. The van der Waals surface area contributed by atoms with Gasteiger partial charge in [-0.15, -0.1) is 0 Å². The number of likely N-dealkylation sites (N-methyl/N-ethyl adjacent to an activating group) is 1. The van der Waals surface area contributed by atoms with Crippen LogP contribution in [-0.2, 0) is 21.9 Å². The van der Waals surface area contributed by atoms with Crippen LogP contribution in [0.1, 0.15) is 48.8 Å². The standard InChI is InChI=1S/C30H33F7N4O3/c1-18(42)40-11-8-20(9-12-40)27(43)41-13-10-26(25(17-41)19-4-6-23(31)7-5-19)39(3)28(44)38(2)24-15-21(29(32,33)34)14-22(16-24)30(35,36)37/h4-7,14-16,20,25-26H,8-13,17H2,1-3H3/t25-,26-/m0/s1. The zero-order valence-corrected chi connectivity index (χ0v) is 24.4. The van der Waals surface area contributed by atoms with Crippen molar-refractivity contribution in [3.8, 4) is 0 Å². The minimum absolute atomic E-state index is 0.00716. The van der Waals surface area contributed by atoms with Crippen LogP contribution < -0.4 is 4.90 Å². The van der Waals surface area contributed by atoms with E-state index in [1.807, 2.05) is 0 Å². The van der Waals surface area contributed by atoms with Crippen molar-refractivity contribution in [1.82, 2.24) is 14.7 Å². The van der Waals surface area contributed by atoms with E-state index < -0.39 is 53.0 Å². The fourth-order valence-corrected chi connectivity index (χ4v) is 5.96. The van der Waals surface area contributed by atoms with Gasteiger partial charge in [0.1, 0.15) is 5.82 Å². The van der Waals surface area contributed by atoms with Crippen molar-refractivity contribution in [2.45, 2.75) is 50.5 Å². The quantitative estimate of drug-likeness (QED) is 0.390. The van der Waals surface area contributed by atoms with Crippen molar-refractivity contribution in [2.75, 3.05) is 45.2 Å². The van der Waals surface area contributed by atoms with Gasteiger partial charge in [-0.2, -0.15) is 26.3 Å². The molecule has 0 bridgehead atoms. The van der Waals surface area contributed by atoms with Crippen LogP contribution in [-0.4, -0.2) is 78.9 Å². The summed E-state index contributed by atoms with van der Waals surface area (Å²) in [6.45, 7) is 2.79. The summed E-state index contributed by atoms with van der Waals surface area (Å²) in [6.07, 6.45) is -8.91. The zero-order valence-electron chi connectivity index (χ0n) is 24.4. The first-order valence-corrected chi connectivity index (χ1v) is 14.1. The van der Waals surface area contributed by atoms with E-state index in [4.69, 9.17) is 0 Å². The Kier molecular flexibility index (Phi) is 9.50. The van der Waals surface area contributed by atoms with Gasteiger partial charge >= 0.3 is 18.4 Å². The molecule has 2 aromatic carbocycles. The van der Waals surface area contributed by atoms with Crippen molar-refractivity contribution in [1.29, 1.82) is 0 Å². The predicted octanol–water partition coefficient (Wildman–Crippen LogP) is 5.99. The lowest BCUT2D eigenvalue weighted by Gasteiger charge is -2.45. The smallest absolute Gasteiger partial charge is 0.343 e. The molecule has 2 atom stereocenters. The number of hydrogen-bond donors (Lipinski definition) is 0. The van der Waals surface area contributed by atoms with E-state index in [1.54, 1.807) is 9.80 Å². The molecular weight excluding hydrogens is 597 g/mol. The number of alkyl halides is 6. The predicted molar refractivity (Wildman–Crippen MR) is 147 cm³/mol. The molecule has 2 aliphatic rings. The molecule has 2 heterocycles. The summed E-state index contributed by atoms with van der Waals surface area (Å²) in [4.78, 5) is 44.0. The fraction of sp³-hybridized carbons (Fsp3) is 0.500. The molecule has 44 heavy (non-hydrogen) atoms. The maximum atomic E-state index is 13.8. The first kappa shape index (κ1) is 33.1. The van der Waals surface area contributed by atoms with Crippen LogP contribution in [0.15, 0.2) is 42.5 Å². The summed E-state index contributed by atoms with van der Waals surface area (Å²) in [7, 11) is 2.49. The molecule has 2 fully saturated rings. The Balaban J connectivity index is 1.58. The lowest BCUT2D eigenvalue weighted by molar-refractivity contribution is -0.143. The van der Waals surface area contributed by atoms with Gasteiger partial charge in [0.2, 0.25) is 11.8 Å². The maximum Gasteiger partial charge on any atom is 0.416 e. The molecule has 0 aromatic heterocycles. The molecule has 2 aromatic rings. The molecule has 7 nitrogen and oxygen atoms in total. The Hall–Kier alpha value is -3.84. The van der Waals surface area contributed by atoms with Crippen molar-refractivity contribution in [3.05, 3.63) is 65.0 Å². The fourth-order valence-electron chi connectivity index (χ4n) is 5.96. The van der Waals surface area contributed by atoms with Crippen LogP contribution in [0.25, 0.3) is 0 Å². The number of carbonyl (C=O) groups is 3. The Morgan fingerprint density at radius 1 is 0.795 bits per heavy atom. The monoisotopic (exact) mass is 630 g/mol. The number of carbonyl (C=O) groups excluding carboxylic acids is 3. The molecule has 0 aliphatic carbocycles. The second-order valence-corrected chi connectivity index (χ2v) is 11.3. The van der Waals surface area contributed by atoms with E-state index >= 15 is 0 Å². The molecule has 240 valence electrons. The van der Waals surface area contributed by atoms with Gasteiger partial charge in [-0.05, 0) is 55.2 Å². The number of nitrogens with zero attached hydrogens (tertiary/aromatic N) is 4. The normalized spacial score (nSPS) is 20.0. The summed E-state index contributed by atoms with van der Waals surface area (Å²) in [5.41, 5.74) is -3.07. The Morgan fingerprint density at radius 2 is 1.32 bits per heavy atom. The first-order valence-electron chi connectivity index (χ1n) is 14.1. The number of rotatable bonds is 4. The van der Waals surface area contributed by atoms with Gasteiger partial charge in [0, 0.05) is 70.8 Å². The molecule has 4 amide bonds. The number of likely N-dealkylation sites (tertiary alicyclic amines) is 2. The van der Waals surface area contributed by atoms with Gasteiger partial charge in [0.15, 0.2) is 0 Å². The molecular formula is C30H33F7N4O3. The average molecular weight is 631 g/mol. The van der Waals surface area contributed by atoms with E-state index in [9.17, 15) is 45.1 Å². The molecule has 2 aliphatic heterocycles. The van der Waals surface area contributed by atoms with Crippen LogP contribution in [0.3, 0.4) is 0 Å². The van der Waals surface area contributed by atoms with Gasteiger partial charge in [-0.3, -0.25) is 14.5 Å². The van der Waals surface area contributed by atoms with Gasteiger partial charge in [0.05, 0.1) is 11.1 Å². The highest BCUT2D eigenvalue weighted by Gasteiger charge is 2.41. The molecule has 4 rings (SSSR count). The number of anilines is 1. The van der Waals surface area contributed by atoms with Gasteiger partial charge in [-0.25, -0.2) is 9.18 Å². The lowest BCUT2D eigenvalue weighted by atomic mass is 9.84. The van der Waals surface area contributed by atoms with Gasteiger partial charge in [0.25, 0.3) is 0 Å². The Morgan fingerprint density at radius 3 is 1.82 bits per heavy atom. The van der Waals surface area contributed by atoms with E-state index in [1.165, 1.54) is 43.1 Å². The van der Waals surface area contributed by atoms with Gasteiger partial charge < -0.3 is 14.7 Å². The lowest BCUT2D eigenvalue weighted by Crippen LogP contribution is -2.55. The van der Waals surface area contributed by atoms with Crippen molar-refractivity contribution in [2.24, 2.45) is 5.92 Å². The third-order valence-electron chi connectivity index (χ3n) is 8.52. The van der Waals surface area contributed by atoms with Crippen molar-refractivity contribution < 1.29 is 45.1 Å². The molecule has 14 heteroatoms. The minimum Gasteiger partial charge on any atom is -0.343 e. The molecule has 0 radical (unpaired) electrons. The Labute approximate surface area is 250 Å². The van der Waals surface area contributed by atoms with E-state index in [0.717, 1.165) is 11.9 Å². The topological polar surface area (TPSA) is 64.2 Å². The van der Waals surface area contributed by atoms with Gasteiger partial charge in [-0.1, -0.05) is 12.1 Å². The summed E-state index contributed by atoms with van der Waals surface area (Å²) in [6, 6.07) is 5.01. The number of halogens is 7. The van der Waals surface area contributed by atoms with Crippen LogP contribution in [0.4, 0.5) is 41.2 Å². The number of amides is 4. The number of hydrogen-bond acceptors (Lipinski definition) is 3. The molecule has 0 N–H and O–H groups in total. The second-order valence-electron chi connectivity index (χ2n) is 11.3. The highest BCUT2D eigenvalue weighted by molar-refractivity contribution is 5.92. The Bertz CT molecular complexity index is 1340. The number of piperidine rings is 2. The number of benzene rings is 2. The van der Waals surface area contributed by atoms with Crippen LogP contribution in [0.5, 0.6) is 0 Å². The van der Waals surface area contributed by atoms with Crippen LogP contribution in [0.2, 0.25) is 0 Å². The largest absolute Gasteiger partial charge is 0.416 e. The molecule has 2 saturated heterocycles. The van der Waals surface area contributed by atoms with Crippen LogP contribution >= 0.6 is 0 Å². The highest BCUT2D eigenvalue weighted by Crippen LogP contribution is 2.39. The van der Waals surface area contributed by atoms with Crippen molar-refractivity contribution in [3.63, 3.8) is 0 Å². The average Bonchev–Trinajstić information content (AvgIpc) is 2.98. The summed E-state index contributed by atoms with van der Waals surface area (Å²) in [5.74, 6) is -1.50. The maximum absolute atomic E-state index is 13.8. The zero-order chi connectivity index (χ0) is 32.6. The highest BCUT2D eigenvalue weighted by atomic mass is 19.4. The van der Waals surface area contributed by atoms with Crippen LogP contribution in [0, 0.1) is 11.7 Å². The first-order chi connectivity index (χ1) is 20.5. The summed E-state index contributed by atoms with van der Waals surface area (Å²) in [5, 5.41) is 0. The molecule has 0 unspecified atom stereocenters. The van der Waals surface area contributed by atoms with E-state index in [2.05, 4.69) is 0 Å². The number of urea groups is 1. The van der Waals surface area contributed by atoms with E-state index in [0.29, 0.717) is 43.6 Å². The molecule has 0 saturated carbocycles. The second kappa shape index (κ2) is 12.6. The summed E-state index contributed by atoms with van der Waals surface area (Å²) < 4.78 is 94.5. The third-order valence-corrected chi connectivity index (χ3v) is 8.52. The van der Waals surface area contributed by atoms with Crippen molar-refractivity contribution >= 4 is 23.5 Å². The van der Waals surface area contributed by atoms with E-state index in [-0.39, 0.29) is 43.3 Å². The third kappa shape index (κ3) is 7.27. The summed E-state index contributed by atoms with van der Waals surface area (Å²) >= 11 is 0. The SMILES string of the molecule is CC(=O)N1CCC(C(=O)N2CC[C@H](N(C)C(=O)N(C)c3cc(C(F)(F)F)cc(C(F)(F)F)c3)[C@H](c3ccc(F)cc3)C2)CC1. The minimum atomic E-state index is -5.08.